The van der Waals surface area contributed by atoms with Crippen LogP contribution in [0.1, 0.15) is 77.6 Å². The van der Waals surface area contributed by atoms with Gasteiger partial charge in [-0.1, -0.05) is 58.3 Å². The van der Waals surface area contributed by atoms with Crippen molar-refractivity contribution in [1.82, 2.24) is 0 Å². The predicted molar refractivity (Wildman–Crippen MR) is 117 cm³/mol. The number of ether oxygens (including phenoxy) is 2. The summed E-state index contributed by atoms with van der Waals surface area (Å²) in [7, 11) is -4.93. The van der Waals surface area contributed by atoms with E-state index in [1.165, 1.54) is 25.7 Å². The van der Waals surface area contributed by atoms with Crippen LogP contribution in [0.15, 0.2) is 0 Å². The second-order valence-corrected chi connectivity index (χ2v) is 8.19. The van der Waals surface area contributed by atoms with Crippen LogP contribution >= 0.6 is 0 Å². The summed E-state index contributed by atoms with van der Waals surface area (Å²) in [6, 6.07) is 0. The molecule has 0 fully saturated rings. The summed E-state index contributed by atoms with van der Waals surface area (Å²) in [5, 5.41) is -2.20. The number of hydrogen-bond acceptors (Lipinski definition) is 8. The summed E-state index contributed by atoms with van der Waals surface area (Å²) < 4.78 is 40.8. The second-order valence-electron chi connectivity index (χ2n) is 6.59. The van der Waals surface area contributed by atoms with Crippen molar-refractivity contribution in [3.63, 3.8) is 0 Å². The van der Waals surface area contributed by atoms with Crippen LogP contribution in [0.3, 0.4) is 0 Å². The molecule has 0 bridgehead atoms. The third-order valence-electron chi connectivity index (χ3n) is 4.05. The van der Waals surface area contributed by atoms with Crippen molar-refractivity contribution in [1.29, 1.82) is 0 Å². The van der Waals surface area contributed by atoms with E-state index in [1.54, 1.807) is 0 Å². The van der Waals surface area contributed by atoms with E-state index < -0.39 is 39.7 Å². The van der Waals surface area contributed by atoms with Crippen molar-refractivity contribution in [3.05, 3.63) is 0 Å². The average Bonchev–Trinajstić information content (AvgIpc) is 2.61. The first-order valence-electron chi connectivity index (χ1n) is 9.78. The van der Waals surface area contributed by atoms with Gasteiger partial charge >= 0.3 is 77.0 Å². The van der Waals surface area contributed by atoms with Gasteiger partial charge in [0.25, 0.3) is 10.1 Å². The van der Waals surface area contributed by atoms with Crippen LogP contribution in [-0.4, -0.2) is 108 Å². The van der Waals surface area contributed by atoms with E-state index in [9.17, 15) is 22.8 Å². The normalized spacial score (nSPS) is 11.6. The molecule has 0 amide bonds. The molecule has 12 heteroatoms. The summed E-state index contributed by atoms with van der Waals surface area (Å²) in [5.74, 6) is -3.43. The third kappa shape index (κ3) is 19.2. The summed E-state index contributed by atoms with van der Waals surface area (Å²) in [5.41, 5.74) is 5.14. The van der Waals surface area contributed by atoms with E-state index in [-0.39, 0.29) is 78.7 Å². The Balaban J connectivity index is -0.00000364. The fourth-order valence-corrected chi connectivity index (χ4v) is 3.14. The zero-order chi connectivity index (χ0) is 21.4. The Morgan fingerprint density at radius 2 is 1.40 bits per heavy atom. The fraction of sp³-hybridized carbons (Fsp3) is 0.833. The molecule has 0 radical (unpaired) electrons. The Kier molecular flexibility index (Phi) is 24.9. The summed E-state index contributed by atoms with van der Waals surface area (Å²) in [6.07, 6.45) is 8.39. The third-order valence-corrected chi connectivity index (χ3v) is 5.13. The van der Waals surface area contributed by atoms with E-state index in [1.807, 2.05) is 0 Å². The molecule has 0 saturated carbocycles. The van der Waals surface area contributed by atoms with Crippen LogP contribution in [0.5, 0.6) is 0 Å². The van der Waals surface area contributed by atoms with Gasteiger partial charge in [0.15, 0.2) is 5.25 Å². The number of unbranched alkanes of at least 4 members (excludes halogenated alkanes) is 8. The van der Waals surface area contributed by atoms with Crippen molar-refractivity contribution in [2.75, 3.05) is 13.2 Å². The standard InChI is InChI=1S/C18H33NO8S.2Na.2H/c1-2-3-4-5-6-7-8-9-10-11-16(20)27-18(22)15(28(23,24)25)14-17(21)26-13-12-19;;;;/h15H,2-14,19H2,1H3,(H,23,24,25);;;;. The molecule has 0 heterocycles. The summed E-state index contributed by atoms with van der Waals surface area (Å²) in [6.45, 7) is 2.02. The molecule has 0 aliphatic heterocycles. The molecule has 0 spiro atoms. The quantitative estimate of drug-likeness (QED) is 0.110. The van der Waals surface area contributed by atoms with E-state index in [0.717, 1.165) is 25.7 Å². The van der Waals surface area contributed by atoms with Gasteiger partial charge in [0.2, 0.25) is 0 Å². The maximum atomic E-state index is 11.9. The fourth-order valence-electron chi connectivity index (χ4n) is 2.50. The Labute approximate surface area is 223 Å². The molecule has 0 aromatic carbocycles. The first kappa shape index (κ1) is 35.1. The predicted octanol–water partition coefficient (Wildman–Crippen LogP) is 0.829. The van der Waals surface area contributed by atoms with Gasteiger partial charge < -0.3 is 15.2 Å². The Bertz CT molecular complexity index is 587. The molecule has 0 aliphatic carbocycles. The van der Waals surface area contributed by atoms with Crippen LogP contribution < -0.4 is 5.73 Å². The minimum atomic E-state index is -4.93. The van der Waals surface area contributed by atoms with E-state index in [0.29, 0.717) is 6.42 Å². The first-order valence-corrected chi connectivity index (χ1v) is 11.3. The van der Waals surface area contributed by atoms with Crippen LogP contribution in [0.4, 0.5) is 0 Å². The van der Waals surface area contributed by atoms with Gasteiger partial charge in [0, 0.05) is 13.0 Å². The molecule has 0 rings (SSSR count). The molecule has 30 heavy (non-hydrogen) atoms. The topological polar surface area (TPSA) is 150 Å². The van der Waals surface area contributed by atoms with Gasteiger partial charge in [-0.25, -0.2) is 0 Å². The van der Waals surface area contributed by atoms with Crippen LogP contribution in [-0.2, 0) is 34.0 Å². The molecule has 0 aromatic heterocycles. The SMILES string of the molecule is CCCCCCCCCCCC(=O)OC(=O)C(CC(=O)OCCN)S(=O)(=O)O.[NaH].[NaH]. The zero-order valence-corrected chi connectivity index (χ0v) is 17.4. The summed E-state index contributed by atoms with van der Waals surface area (Å²) >= 11 is 0. The van der Waals surface area contributed by atoms with Gasteiger partial charge in [-0.15, -0.1) is 0 Å². The number of carbonyl (C=O) groups excluding carboxylic acids is 3. The number of hydrogen-bond donors (Lipinski definition) is 2. The number of nitrogens with two attached hydrogens (primary N) is 1. The van der Waals surface area contributed by atoms with Crippen LogP contribution in [0.2, 0.25) is 0 Å². The van der Waals surface area contributed by atoms with Gasteiger partial charge in [0.1, 0.15) is 6.61 Å². The van der Waals surface area contributed by atoms with Crippen molar-refractivity contribution in [2.45, 2.75) is 82.8 Å². The molecule has 1 atom stereocenters. The monoisotopic (exact) mass is 471 g/mol. The zero-order valence-electron chi connectivity index (χ0n) is 16.6. The first-order chi connectivity index (χ1) is 13.2. The number of rotatable bonds is 16. The van der Waals surface area contributed by atoms with E-state index in [2.05, 4.69) is 16.4 Å². The molecule has 3 N–H and O–H groups in total. The second kappa shape index (κ2) is 21.3. The van der Waals surface area contributed by atoms with Crippen molar-refractivity contribution < 1.29 is 36.8 Å². The van der Waals surface area contributed by atoms with Crippen LogP contribution in [0, 0.1) is 0 Å². The Hall–Kier alpha value is 0.480. The maximum absolute atomic E-state index is 11.9. The minimum absolute atomic E-state index is 0. The van der Waals surface area contributed by atoms with Gasteiger partial charge in [-0.2, -0.15) is 8.42 Å². The molecule has 9 nitrogen and oxygen atoms in total. The number of esters is 3. The Morgan fingerprint density at radius 1 is 0.900 bits per heavy atom. The average molecular weight is 472 g/mol. The summed E-state index contributed by atoms with van der Waals surface area (Å²) in [4.78, 5) is 35.0. The van der Waals surface area contributed by atoms with Crippen molar-refractivity contribution >= 4 is 87.1 Å². The van der Waals surface area contributed by atoms with Crippen molar-refractivity contribution in [3.8, 4) is 0 Å². The molecule has 0 aliphatic rings. The molecule has 1 unspecified atom stereocenters. The molecule has 168 valence electrons. The van der Waals surface area contributed by atoms with Gasteiger partial charge in [0.05, 0.1) is 6.42 Å². The molecule has 0 saturated heterocycles. The van der Waals surface area contributed by atoms with E-state index in [4.69, 9.17) is 10.3 Å². The van der Waals surface area contributed by atoms with Gasteiger partial charge in [-0.05, 0) is 6.42 Å². The van der Waals surface area contributed by atoms with Gasteiger partial charge in [-0.3, -0.25) is 18.9 Å². The van der Waals surface area contributed by atoms with Crippen molar-refractivity contribution in [2.24, 2.45) is 5.73 Å². The van der Waals surface area contributed by atoms with Crippen LogP contribution in [0.25, 0.3) is 0 Å². The number of carbonyl (C=O) groups is 3. The molecular weight excluding hydrogens is 436 g/mol. The molecule has 0 aromatic rings. The Morgan fingerprint density at radius 3 is 1.87 bits per heavy atom. The molecular formula is C18H35NNa2O8S. The van der Waals surface area contributed by atoms with E-state index >= 15 is 0 Å².